The Morgan fingerprint density at radius 1 is 0.153 bits per heavy atom. The summed E-state index contributed by atoms with van der Waals surface area (Å²) in [4.78, 5) is 0. The predicted molar refractivity (Wildman–Crippen MR) is 526 cm³/mol. The van der Waals surface area contributed by atoms with Gasteiger partial charge in [0.15, 0.2) is 0 Å². The van der Waals surface area contributed by atoms with E-state index in [4.69, 9.17) is 0 Å². The molecule has 0 aliphatic heterocycles. The molecule has 0 spiro atoms. The van der Waals surface area contributed by atoms with E-state index in [2.05, 4.69) is 483 Å². The molecule has 26 rings (SSSR count). The van der Waals surface area contributed by atoms with Crippen molar-refractivity contribution >= 4 is 120 Å². The Hall–Kier alpha value is -15.6. The van der Waals surface area contributed by atoms with Crippen molar-refractivity contribution in [3.05, 3.63) is 459 Å². The van der Waals surface area contributed by atoms with Gasteiger partial charge in [0, 0.05) is 75.8 Å². The van der Waals surface area contributed by atoms with Crippen molar-refractivity contribution in [2.45, 2.75) is 38.5 Å². The molecular formula is C120H84N4. The number of para-hydroxylation sites is 5. The zero-order chi connectivity index (χ0) is 82.5. The molecule has 0 N–H and O–H groups in total. The van der Waals surface area contributed by atoms with E-state index in [-0.39, 0.29) is 10.8 Å². The molecule has 4 aromatic heterocycles. The smallest absolute Gasteiger partial charge is 0.0547 e. The van der Waals surface area contributed by atoms with E-state index < -0.39 is 0 Å². The van der Waals surface area contributed by atoms with Crippen LogP contribution < -0.4 is 0 Å². The molecule has 584 valence electrons. The Kier molecular flexibility index (Phi) is 16.7. The van der Waals surface area contributed by atoms with Crippen LogP contribution in [0.1, 0.15) is 49.9 Å². The van der Waals surface area contributed by atoms with Gasteiger partial charge in [-0.25, -0.2) is 0 Å². The maximum absolute atomic E-state index is 2.47. The third-order valence-electron chi connectivity index (χ3n) is 27.1. The second-order valence-corrected chi connectivity index (χ2v) is 34.6. The zero-order valence-electron chi connectivity index (χ0n) is 69.4. The minimum absolute atomic E-state index is 0.00774. The summed E-state index contributed by atoms with van der Waals surface area (Å²) in [7, 11) is 0. The predicted octanol–water partition coefficient (Wildman–Crippen LogP) is 32.2. The molecule has 2 aliphatic carbocycles. The molecule has 0 unspecified atom stereocenters. The summed E-state index contributed by atoms with van der Waals surface area (Å²) in [5.74, 6) is 0. The van der Waals surface area contributed by atoms with Crippen molar-refractivity contribution < 1.29 is 0 Å². The van der Waals surface area contributed by atoms with Crippen LogP contribution in [0.15, 0.2) is 437 Å². The van der Waals surface area contributed by atoms with Gasteiger partial charge in [-0.1, -0.05) is 361 Å². The summed E-state index contributed by atoms with van der Waals surface area (Å²) in [5, 5.41) is 17.7. The fraction of sp³-hybridized carbons (Fsp3) is 0.0500. The zero-order valence-corrected chi connectivity index (χ0v) is 69.4. The van der Waals surface area contributed by atoms with Gasteiger partial charge in [-0.3, -0.25) is 0 Å². The van der Waals surface area contributed by atoms with Gasteiger partial charge in [0.25, 0.3) is 0 Å². The molecule has 4 heteroatoms. The summed E-state index contributed by atoms with van der Waals surface area (Å²) in [6.45, 7) is 9.36. The molecule has 0 amide bonds. The van der Waals surface area contributed by atoms with Crippen LogP contribution in [0.5, 0.6) is 0 Å². The van der Waals surface area contributed by atoms with Gasteiger partial charge in [0.1, 0.15) is 0 Å². The summed E-state index contributed by atoms with van der Waals surface area (Å²) >= 11 is 0. The van der Waals surface area contributed by atoms with Crippen LogP contribution in [0.3, 0.4) is 0 Å². The number of benzene rings is 20. The number of hydrogen-bond donors (Lipinski definition) is 0. The van der Waals surface area contributed by atoms with Crippen LogP contribution in [0.2, 0.25) is 0 Å². The average molecular weight is 1580 g/mol. The molecule has 2 aliphatic rings. The van der Waals surface area contributed by atoms with Gasteiger partial charge >= 0.3 is 0 Å². The lowest BCUT2D eigenvalue weighted by atomic mass is 9.82. The van der Waals surface area contributed by atoms with Crippen LogP contribution in [0.4, 0.5) is 0 Å². The highest BCUT2D eigenvalue weighted by Gasteiger charge is 2.37. The van der Waals surface area contributed by atoms with E-state index in [1.165, 1.54) is 231 Å². The summed E-state index contributed by atoms with van der Waals surface area (Å²) in [6.07, 6.45) is 0. The second kappa shape index (κ2) is 28.5. The van der Waals surface area contributed by atoms with E-state index in [0.29, 0.717) is 0 Å². The van der Waals surface area contributed by atoms with Crippen molar-refractivity contribution in [3.63, 3.8) is 0 Å². The van der Waals surface area contributed by atoms with E-state index in [1.54, 1.807) is 0 Å². The Labute approximate surface area is 719 Å². The molecule has 0 atom stereocenters. The highest BCUT2D eigenvalue weighted by molar-refractivity contribution is 6.17. The lowest BCUT2D eigenvalue weighted by Crippen LogP contribution is -2.14. The molecular weight excluding hydrogens is 1500 g/mol. The maximum Gasteiger partial charge on any atom is 0.0547 e. The third kappa shape index (κ3) is 11.4. The fourth-order valence-corrected chi connectivity index (χ4v) is 21.2. The molecule has 4 nitrogen and oxygen atoms in total. The van der Waals surface area contributed by atoms with E-state index in [9.17, 15) is 0 Å². The van der Waals surface area contributed by atoms with E-state index >= 15 is 0 Å². The van der Waals surface area contributed by atoms with Crippen molar-refractivity contribution in [3.8, 4) is 89.5 Å². The minimum atomic E-state index is 0.00774. The number of rotatable bonds is 8. The van der Waals surface area contributed by atoms with Crippen LogP contribution in [-0.4, -0.2) is 18.3 Å². The molecule has 0 saturated carbocycles. The SMILES string of the molecule is CC1(C)c2ccccc2-c2cc(-c3ccc4c5ccccc5n(-c5ccc(-c6ccccc6)c6ccccc56)c4c3)ccc21.CC1(C)c2ccccc2-c2cc(-c3ccc4c5ccccc5n(-c5cccc6ccccc56)c4c3)ccc21.c1ccc(-n2c3ccccc3c3cc(-c4ccc5c(c4)c4ccccc4n5-c4cccc5ccccc45)ccc32)cc1. The molecule has 0 bridgehead atoms. The van der Waals surface area contributed by atoms with Crippen molar-refractivity contribution in [1.29, 1.82) is 0 Å². The Bertz CT molecular complexity index is 8480. The molecule has 20 aromatic carbocycles. The molecule has 0 radical (unpaired) electrons. The average Bonchev–Trinajstić information content (AvgIpc) is 1.61. The Morgan fingerprint density at radius 3 is 0.960 bits per heavy atom. The Morgan fingerprint density at radius 2 is 0.468 bits per heavy atom. The van der Waals surface area contributed by atoms with Crippen LogP contribution in [0, 0.1) is 0 Å². The molecule has 0 saturated heterocycles. The minimum Gasteiger partial charge on any atom is -0.309 e. The number of fused-ring (bicyclic) bond motifs is 21. The highest BCUT2D eigenvalue weighted by Crippen LogP contribution is 2.53. The summed E-state index contributed by atoms with van der Waals surface area (Å²) in [6, 6.07) is 160. The summed E-state index contributed by atoms with van der Waals surface area (Å²) < 4.78 is 9.71. The van der Waals surface area contributed by atoms with Crippen molar-refractivity contribution in [2.24, 2.45) is 0 Å². The van der Waals surface area contributed by atoms with Gasteiger partial charge in [0.2, 0.25) is 0 Å². The van der Waals surface area contributed by atoms with Crippen molar-refractivity contribution in [2.75, 3.05) is 0 Å². The van der Waals surface area contributed by atoms with E-state index in [1.807, 2.05) is 0 Å². The van der Waals surface area contributed by atoms with Gasteiger partial charge in [0.05, 0.1) is 61.2 Å². The fourth-order valence-electron chi connectivity index (χ4n) is 21.2. The standard InChI is InChI=1S/C43H31N.C40H26N2.C37H27N/c1-43(2)38-18-10-8-15-33(38)37-26-29(21-24-39(37)43)30-20-22-36-35-17-9-11-19-40(35)44(42(36)27-30)41-25-23-31(28-12-4-3-5-13-28)32-14-6-7-16-34(32)41;1-2-13-30(14-3-1)41-37-18-8-6-16-32(37)34-25-28(21-23-39(34)41)29-22-24-40-35(26-29)33-17-7-9-19-38(33)42(40)36-20-10-12-27-11-4-5-15-31(27)36;1-37(2)32-15-7-5-13-28(32)31-22-25(19-21-33(31)37)26-18-20-30-29-14-6-8-16-35(29)38(36(30)23-26)34-17-9-11-24-10-3-4-12-27(24)34/h3-27H,1-2H3;1-26H;3-23H,1-2H3. The monoisotopic (exact) mass is 1580 g/mol. The first-order chi connectivity index (χ1) is 61.1. The Balaban J connectivity index is 0.000000105. The van der Waals surface area contributed by atoms with E-state index in [0.717, 1.165) is 0 Å². The van der Waals surface area contributed by atoms with Gasteiger partial charge in [-0.05, 0) is 208 Å². The van der Waals surface area contributed by atoms with Gasteiger partial charge in [-0.15, -0.1) is 0 Å². The van der Waals surface area contributed by atoms with Crippen molar-refractivity contribution in [1.82, 2.24) is 18.3 Å². The molecule has 24 aromatic rings. The van der Waals surface area contributed by atoms with Crippen LogP contribution in [-0.2, 0) is 10.8 Å². The molecule has 4 heterocycles. The first kappa shape index (κ1) is 72.4. The number of nitrogens with zero attached hydrogens (tertiary/aromatic N) is 4. The number of aromatic nitrogens is 4. The normalized spacial score (nSPS) is 13.0. The maximum atomic E-state index is 2.47. The first-order valence-electron chi connectivity index (χ1n) is 43.3. The topological polar surface area (TPSA) is 19.7 Å². The van der Waals surface area contributed by atoms with Gasteiger partial charge < -0.3 is 18.3 Å². The second-order valence-electron chi connectivity index (χ2n) is 34.6. The lowest BCUT2D eigenvalue weighted by Gasteiger charge is -2.21. The highest BCUT2D eigenvalue weighted by atomic mass is 15.0. The first-order valence-corrected chi connectivity index (χ1v) is 43.3. The van der Waals surface area contributed by atoms with Crippen LogP contribution in [0.25, 0.3) is 209 Å². The largest absolute Gasteiger partial charge is 0.309 e. The molecule has 0 fully saturated rings. The number of hydrogen-bond acceptors (Lipinski definition) is 0. The summed E-state index contributed by atoms with van der Waals surface area (Å²) in [5.41, 5.74) is 35.7. The lowest BCUT2D eigenvalue weighted by molar-refractivity contribution is 0.660. The third-order valence-corrected chi connectivity index (χ3v) is 27.1. The quantitative estimate of drug-likeness (QED) is 0.144. The van der Waals surface area contributed by atoms with Crippen LogP contribution >= 0.6 is 0 Å². The van der Waals surface area contributed by atoms with Gasteiger partial charge in [-0.2, -0.15) is 0 Å². The molecule has 124 heavy (non-hydrogen) atoms.